The standard InChI is InChI=1S/C31H40N2O/c1-8-9-23(2)11-15-28-16-19-31(34)21-29(28)20-24(3)10-12-25(4)26(5)32-22-27-13-17-30(18-14-27)33(6)7/h8-10,12-14,16-19,21,32,34H,2,5,11,15,20,22H2,1,3-4,6-7H3/b9-8-,24-10+,25-12+. The predicted octanol–water partition coefficient (Wildman–Crippen LogP) is 7.26. The summed E-state index contributed by atoms with van der Waals surface area (Å²) in [6.07, 6.45) is 10.9. The van der Waals surface area contributed by atoms with Crippen LogP contribution in [0.4, 0.5) is 5.69 Å². The number of anilines is 1. The molecule has 0 spiro atoms. The SMILES string of the molecule is C=C(/C=C\C)CCc1ccc(O)cc1C/C(C)=C/C=C(\C)C(=C)NCc1ccc(N(C)C)cc1. The second-order valence-corrected chi connectivity index (χ2v) is 9.04. The van der Waals surface area contributed by atoms with Crippen LogP contribution in [0.5, 0.6) is 5.75 Å². The van der Waals surface area contributed by atoms with Gasteiger partial charge in [0.2, 0.25) is 0 Å². The molecule has 0 aliphatic carbocycles. The second kappa shape index (κ2) is 13.3. The van der Waals surface area contributed by atoms with Crippen molar-refractivity contribution in [1.29, 1.82) is 0 Å². The highest BCUT2D eigenvalue weighted by molar-refractivity contribution is 5.46. The summed E-state index contributed by atoms with van der Waals surface area (Å²) in [5.41, 5.74) is 9.19. The zero-order valence-electron chi connectivity index (χ0n) is 21.5. The van der Waals surface area contributed by atoms with Gasteiger partial charge in [-0.2, -0.15) is 0 Å². The second-order valence-electron chi connectivity index (χ2n) is 9.04. The first-order chi connectivity index (χ1) is 16.2. The Morgan fingerprint density at radius 1 is 1.00 bits per heavy atom. The third kappa shape index (κ3) is 8.82. The highest BCUT2D eigenvalue weighted by atomic mass is 16.3. The first kappa shape index (κ1) is 26.8. The normalized spacial score (nSPS) is 12.1. The summed E-state index contributed by atoms with van der Waals surface area (Å²) >= 11 is 0. The van der Waals surface area contributed by atoms with Crippen molar-refractivity contribution in [2.75, 3.05) is 19.0 Å². The fourth-order valence-corrected chi connectivity index (χ4v) is 3.62. The predicted molar refractivity (Wildman–Crippen MR) is 148 cm³/mol. The molecular weight excluding hydrogens is 416 g/mol. The van der Waals surface area contributed by atoms with Gasteiger partial charge in [0.15, 0.2) is 0 Å². The van der Waals surface area contributed by atoms with E-state index >= 15 is 0 Å². The highest BCUT2D eigenvalue weighted by Crippen LogP contribution is 2.22. The Labute approximate surface area is 206 Å². The molecule has 0 radical (unpaired) electrons. The van der Waals surface area contributed by atoms with Crippen molar-refractivity contribution in [3.05, 3.63) is 119 Å². The molecule has 0 heterocycles. The quantitative estimate of drug-likeness (QED) is 0.330. The maximum Gasteiger partial charge on any atom is 0.115 e. The Kier molecular flexibility index (Phi) is 10.5. The van der Waals surface area contributed by atoms with Gasteiger partial charge in [-0.1, -0.05) is 66.8 Å². The van der Waals surface area contributed by atoms with Crippen LogP contribution in [-0.2, 0) is 19.4 Å². The topological polar surface area (TPSA) is 35.5 Å². The summed E-state index contributed by atoms with van der Waals surface area (Å²) in [7, 11) is 4.09. The Bertz CT molecular complexity index is 1070. The third-order valence-electron chi connectivity index (χ3n) is 5.83. The van der Waals surface area contributed by atoms with Crippen LogP contribution in [0.25, 0.3) is 0 Å². The van der Waals surface area contributed by atoms with Gasteiger partial charge in [0, 0.05) is 32.0 Å². The first-order valence-corrected chi connectivity index (χ1v) is 11.8. The fourth-order valence-electron chi connectivity index (χ4n) is 3.62. The molecule has 0 saturated carbocycles. The van der Waals surface area contributed by atoms with E-state index in [9.17, 15) is 5.11 Å². The summed E-state index contributed by atoms with van der Waals surface area (Å²) in [6.45, 7) is 15.2. The molecule has 2 aromatic carbocycles. The van der Waals surface area contributed by atoms with Crippen LogP contribution in [0.3, 0.4) is 0 Å². The lowest BCUT2D eigenvalue weighted by Gasteiger charge is -2.14. The van der Waals surface area contributed by atoms with Gasteiger partial charge in [-0.3, -0.25) is 0 Å². The fraction of sp³-hybridized carbons (Fsp3) is 0.290. The van der Waals surface area contributed by atoms with E-state index in [4.69, 9.17) is 0 Å². The van der Waals surface area contributed by atoms with E-state index in [1.54, 1.807) is 6.07 Å². The maximum atomic E-state index is 10.0. The van der Waals surface area contributed by atoms with E-state index in [-0.39, 0.29) is 0 Å². The molecule has 0 atom stereocenters. The number of aryl methyl sites for hydroxylation is 1. The summed E-state index contributed by atoms with van der Waals surface area (Å²) in [5.74, 6) is 0.307. The Hall–Kier alpha value is -3.46. The van der Waals surface area contributed by atoms with Crippen molar-refractivity contribution in [2.45, 2.75) is 46.6 Å². The van der Waals surface area contributed by atoms with Crippen molar-refractivity contribution in [3.63, 3.8) is 0 Å². The van der Waals surface area contributed by atoms with Crippen LogP contribution < -0.4 is 10.2 Å². The van der Waals surface area contributed by atoms with E-state index < -0.39 is 0 Å². The minimum atomic E-state index is 0.307. The van der Waals surface area contributed by atoms with Crippen molar-refractivity contribution in [2.24, 2.45) is 0 Å². The molecule has 0 aromatic heterocycles. The largest absolute Gasteiger partial charge is 0.508 e. The lowest BCUT2D eigenvalue weighted by Crippen LogP contribution is -2.13. The number of nitrogens with one attached hydrogen (secondary N) is 1. The monoisotopic (exact) mass is 456 g/mol. The van der Waals surface area contributed by atoms with Gasteiger partial charge in [-0.25, -0.2) is 0 Å². The number of phenols is 1. The minimum Gasteiger partial charge on any atom is -0.508 e. The number of hydrogen-bond donors (Lipinski definition) is 2. The molecule has 0 bridgehead atoms. The average molecular weight is 457 g/mol. The lowest BCUT2D eigenvalue weighted by molar-refractivity contribution is 0.474. The molecule has 3 nitrogen and oxygen atoms in total. The molecule has 2 N–H and O–H groups in total. The molecule has 0 aliphatic rings. The van der Waals surface area contributed by atoms with Gasteiger partial charge < -0.3 is 15.3 Å². The molecule has 0 unspecified atom stereocenters. The Balaban J connectivity index is 1.98. The Morgan fingerprint density at radius 3 is 2.35 bits per heavy atom. The van der Waals surface area contributed by atoms with E-state index in [1.807, 2.05) is 39.2 Å². The van der Waals surface area contributed by atoms with Gasteiger partial charge >= 0.3 is 0 Å². The van der Waals surface area contributed by atoms with Gasteiger partial charge in [0.05, 0.1) is 0 Å². The summed E-state index contributed by atoms with van der Waals surface area (Å²) in [5, 5.41) is 13.4. The van der Waals surface area contributed by atoms with Crippen LogP contribution >= 0.6 is 0 Å². The van der Waals surface area contributed by atoms with Crippen molar-refractivity contribution in [3.8, 4) is 5.75 Å². The number of allylic oxidation sites excluding steroid dienone is 7. The molecule has 2 rings (SSSR count). The van der Waals surface area contributed by atoms with E-state index in [0.29, 0.717) is 5.75 Å². The number of aromatic hydroxyl groups is 1. The lowest BCUT2D eigenvalue weighted by atomic mass is 9.95. The number of nitrogens with zero attached hydrogens (tertiary/aromatic N) is 1. The smallest absolute Gasteiger partial charge is 0.115 e. The van der Waals surface area contributed by atoms with Gasteiger partial charge in [-0.05, 0) is 86.6 Å². The van der Waals surface area contributed by atoms with E-state index in [0.717, 1.165) is 48.2 Å². The highest BCUT2D eigenvalue weighted by Gasteiger charge is 2.06. The summed E-state index contributed by atoms with van der Waals surface area (Å²) < 4.78 is 0. The van der Waals surface area contributed by atoms with Crippen LogP contribution in [0.2, 0.25) is 0 Å². The van der Waals surface area contributed by atoms with Crippen molar-refractivity contribution in [1.82, 2.24) is 5.32 Å². The number of hydrogen-bond acceptors (Lipinski definition) is 3. The molecule has 0 aliphatic heterocycles. The molecule has 2 aromatic rings. The molecular formula is C31H40N2O. The van der Waals surface area contributed by atoms with Crippen LogP contribution in [0.1, 0.15) is 43.9 Å². The summed E-state index contributed by atoms with van der Waals surface area (Å²) in [6, 6.07) is 14.2. The molecule has 0 fully saturated rings. The summed E-state index contributed by atoms with van der Waals surface area (Å²) in [4.78, 5) is 2.10. The van der Waals surface area contributed by atoms with E-state index in [2.05, 4.69) is 79.7 Å². The van der Waals surface area contributed by atoms with Crippen LogP contribution in [0.15, 0.2) is 102 Å². The molecule has 0 saturated heterocycles. The Morgan fingerprint density at radius 2 is 1.71 bits per heavy atom. The van der Waals surface area contributed by atoms with Crippen molar-refractivity contribution >= 4 is 5.69 Å². The van der Waals surface area contributed by atoms with Crippen LogP contribution in [-0.4, -0.2) is 19.2 Å². The first-order valence-electron chi connectivity index (χ1n) is 11.8. The zero-order chi connectivity index (χ0) is 25.1. The number of benzene rings is 2. The van der Waals surface area contributed by atoms with Gasteiger partial charge in [-0.15, -0.1) is 0 Å². The maximum absolute atomic E-state index is 10.0. The third-order valence-corrected chi connectivity index (χ3v) is 5.83. The molecule has 180 valence electrons. The molecule has 34 heavy (non-hydrogen) atoms. The van der Waals surface area contributed by atoms with Crippen LogP contribution in [0, 0.1) is 0 Å². The minimum absolute atomic E-state index is 0.307. The zero-order valence-corrected chi connectivity index (χ0v) is 21.5. The molecule has 3 heteroatoms. The van der Waals surface area contributed by atoms with Gasteiger partial charge in [0.1, 0.15) is 5.75 Å². The van der Waals surface area contributed by atoms with Crippen molar-refractivity contribution < 1.29 is 5.11 Å². The van der Waals surface area contributed by atoms with E-state index in [1.165, 1.54) is 22.4 Å². The number of rotatable bonds is 12. The molecule has 0 amide bonds. The average Bonchev–Trinajstić information content (AvgIpc) is 2.80. The number of phenolic OH excluding ortho intramolecular Hbond substituents is 1. The van der Waals surface area contributed by atoms with Gasteiger partial charge in [0.25, 0.3) is 0 Å².